The number of carbonyl (C=O) groups is 2. The van der Waals surface area contributed by atoms with E-state index in [-0.39, 0.29) is 18.7 Å². The number of fused-ring (bicyclic) bond motifs is 2. The van der Waals surface area contributed by atoms with Crippen LogP contribution in [0.4, 0.5) is 10.5 Å². The summed E-state index contributed by atoms with van der Waals surface area (Å²) in [7, 11) is 0. The molecule has 0 fully saturated rings. The number of anilines is 1. The maximum atomic E-state index is 12.6. The summed E-state index contributed by atoms with van der Waals surface area (Å²) in [5, 5.41) is 5.48. The zero-order valence-corrected chi connectivity index (χ0v) is 14.0. The molecule has 0 unspecified atom stereocenters. The van der Waals surface area contributed by atoms with Crippen molar-refractivity contribution in [1.29, 1.82) is 0 Å². The van der Waals surface area contributed by atoms with E-state index in [0.29, 0.717) is 23.1 Å². The van der Waals surface area contributed by atoms with E-state index in [0.717, 1.165) is 25.1 Å². The predicted molar refractivity (Wildman–Crippen MR) is 92.6 cm³/mol. The normalized spacial score (nSPS) is 13.2. The molecule has 132 valence electrons. The smallest absolute Gasteiger partial charge is 0.325 e. The van der Waals surface area contributed by atoms with Crippen molar-refractivity contribution >= 4 is 28.6 Å². The van der Waals surface area contributed by atoms with E-state index in [4.69, 9.17) is 4.74 Å². The molecule has 1 aliphatic heterocycles. The first kappa shape index (κ1) is 16.9. The Morgan fingerprint density at radius 1 is 1.32 bits per heavy atom. The number of esters is 1. The van der Waals surface area contributed by atoms with Gasteiger partial charge in [0.1, 0.15) is 12.4 Å². The highest BCUT2D eigenvalue weighted by molar-refractivity contribution is 5.93. The summed E-state index contributed by atoms with van der Waals surface area (Å²) in [5.41, 5.74) is 0.995. The number of benzene rings is 1. The summed E-state index contributed by atoms with van der Waals surface area (Å²) < 4.78 is 6.44. The number of hydrogen-bond acceptors (Lipinski definition) is 5. The molecule has 0 saturated heterocycles. The van der Waals surface area contributed by atoms with Crippen molar-refractivity contribution in [3.63, 3.8) is 0 Å². The van der Waals surface area contributed by atoms with E-state index in [2.05, 4.69) is 15.6 Å². The Labute approximate surface area is 144 Å². The van der Waals surface area contributed by atoms with Gasteiger partial charge in [-0.2, -0.15) is 0 Å². The van der Waals surface area contributed by atoms with Crippen LogP contribution in [-0.4, -0.2) is 34.7 Å². The molecular weight excluding hydrogens is 324 g/mol. The lowest BCUT2D eigenvalue weighted by molar-refractivity contribution is -0.141. The van der Waals surface area contributed by atoms with Gasteiger partial charge in [-0.25, -0.2) is 9.78 Å². The molecule has 2 aromatic rings. The lowest BCUT2D eigenvalue weighted by atomic mass is 10.1. The van der Waals surface area contributed by atoms with Crippen molar-refractivity contribution in [2.75, 3.05) is 18.5 Å². The molecule has 0 saturated carbocycles. The van der Waals surface area contributed by atoms with Gasteiger partial charge >= 0.3 is 12.0 Å². The second-order valence-electron chi connectivity index (χ2n) is 5.79. The van der Waals surface area contributed by atoms with Gasteiger partial charge in [0.05, 0.1) is 17.5 Å². The number of rotatable bonds is 4. The number of hydrogen-bond donors (Lipinski definition) is 2. The van der Waals surface area contributed by atoms with E-state index < -0.39 is 12.0 Å². The zero-order chi connectivity index (χ0) is 17.8. The number of urea groups is 1. The van der Waals surface area contributed by atoms with Crippen LogP contribution in [-0.2, 0) is 22.5 Å². The van der Waals surface area contributed by atoms with Crippen LogP contribution in [0.1, 0.15) is 25.6 Å². The zero-order valence-electron chi connectivity index (χ0n) is 14.0. The largest absolute Gasteiger partial charge is 0.465 e. The number of ether oxygens (including phenoxy) is 1. The van der Waals surface area contributed by atoms with Crippen molar-refractivity contribution in [2.45, 2.75) is 32.7 Å². The Morgan fingerprint density at radius 2 is 2.16 bits per heavy atom. The standard InChI is InChI=1S/C17H20N4O4/c1-2-25-15(22)10-18-17(24)19-11-6-7-13-12(9-11)16(23)21-8-4-3-5-14(21)20-13/h6-7,9H,2-5,8,10H2,1H3,(H2,18,19,24). The predicted octanol–water partition coefficient (Wildman–Crippen LogP) is 1.42. The molecule has 8 heteroatoms. The lowest BCUT2D eigenvalue weighted by Crippen LogP contribution is -2.34. The Bertz CT molecular complexity index is 875. The van der Waals surface area contributed by atoms with E-state index >= 15 is 0 Å². The van der Waals surface area contributed by atoms with E-state index in [1.54, 1.807) is 29.7 Å². The fourth-order valence-electron chi connectivity index (χ4n) is 2.86. The van der Waals surface area contributed by atoms with Crippen LogP contribution < -0.4 is 16.2 Å². The first-order valence-electron chi connectivity index (χ1n) is 8.32. The molecule has 0 spiro atoms. The maximum Gasteiger partial charge on any atom is 0.325 e. The Balaban J connectivity index is 1.77. The molecule has 25 heavy (non-hydrogen) atoms. The number of aryl methyl sites for hydroxylation is 1. The lowest BCUT2D eigenvalue weighted by Gasteiger charge is -2.18. The fourth-order valence-corrected chi connectivity index (χ4v) is 2.86. The van der Waals surface area contributed by atoms with Gasteiger partial charge in [0.25, 0.3) is 5.56 Å². The molecule has 2 heterocycles. The maximum absolute atomic E-state index is 12.6. The molecule has 1 aromatic carbocycles. The molecule has 2 amide bonds. The number of nitrogens with zero attached hydrogens (tertiary/aromatic N) is 2. The highest BCUT2D eigenvalue weighted by Gasteiger charge is 2.15. The average molecular weight is 344 g/mol. The van der Waals surface area contributed by atoms with Crippen molar-refractivity contribution in [2.24, 2.45) is 0 Å². The summed E-state index contributed by atoms with van der Waals surface area (Å²) in [5.74, 6) is 0.307. The number of amides is 2. The van der Waals surface area contributed by atoms with E-state index in [9.17, 15) is 14.4 Å². The SMILES string of the molecule is CCOC(=O)CNC(=O)Nc1ccc2nc3n(c(=O)c2c1)CCCC3. The summed E-state index contributed by atoms with van der Waals surface area (Å²) in [6.45, 7) is 2.41. The van der Waals surface area contributed by atoms with Crippen LogP contribution in [0.2, 0.25) is 0 Å². The van der Waals surface area contributed by atoms with Gasteiger partial charge in [-0.15, -0.1) is 0 Å². The molecule has 2 N–H and O–H groups in total. The molecule has 0 aliphatic carbocycles. The van der Waals surface area contributed by atoms with Crippen molar-refractivity contribution in [3.8, 4) is 0 Å². The topological polar surface area (TPSA) is 102 Å². The third kappa shape index (κ3) is 3.78. The van der Waals surface area contributed by atoms with Crippen LogP contribution in [0, 0.1) is 0 Å². The van der Waals surface area contributed by atoms with E-state index in [1.165, 1.54) is 0 Å². The van der Waals surface area contributed by atoms with Gasteiger partial charge in [-0.05, 0) is 38.0 Å². The number of nitrogens with one attached hydrogen (secondary N) is 2. The average Bonchev–Trinajstić information content (AvgIpc) is 2.61. The van der Waals surface area contributed by atoms with Gasteiger partial charge in [0.15, 0.2) is 0 Å². The molecule has 1 aliphatic rings. The monoisotopic (exact) mass is 344 g/mol. The first-order valence-corrected chi connectivity index (χ1v) is 8.32. The molecular formula is C17H20N4O4. The van der Waals surface area contributed by atoms with Gasteiger partial charge in [-0.1, -0.05) is 0 Å². The minimum Gasteiger partial charge on any atom is -0.465 e. The molecule has 8 nitrogen and oxygen atoms in total. The highest BCUT2D eigenvalue weighted by atomic mass is 16.5. The minimum atomic E-state index is -0.543. The summed E-state index contributed by atoms with van der Waals surface area (Å²) in [6.07, 6.45) is 2.81. The fraction of sp³-hybridized carbons (Fsp3) is 0.412. The summed E-state index contributed by atoms with van der Waals surface area (Å²) >= 11 is 0. The van der Waals surface area contributed by atoms with Crippen LogP contribution in [0.3, 0.4) is 0 Å². The highest BCUT2D eigenvalue weighted by Crippen LogP contribution is 2.18. The van der Waals surface area contributed by atoms with Gasteiger partial charge in [0.2, 0.25) is 0 Å². The number of carbonyl (C=O) groups excluding carboxylic acids is 2. The van der Waals surface area contributed by atoms with Gasteiger partial charge in [0, 0.05) is 18.7 Å². The molecule has 3 rings (SSSR count). The van der Waals surface area contributed by atoms with Crippen molar-refractivity contribution in [3.05, 3.63) is 34.4 Å². The molecule has 0 bridgehead atoms. The third-order valence-electron chi connectivity index (χ3n) is 4.02. The van der Waals surface area contributed by atoms with Gasteiger partial charge in [-0.3, -0.25) is 14.2 Å². The van der Waals surface area contributed by atoms with Crippen LogP contribution in [0.25, 0.3) is 10.9 Å². The van der Waals surface area contributed by atoms with Crippen LogP contribution in [0.5, 0.6) is 0 Å². The van der Waals surface area contributed by atoms with Crippen molar-refractivity contribution < 1.29 is 14.3 Å². The Kier molecular flexibility index (Phi) is 4.97. The minimum absolute atomic E-state index is 0.0877. The second kappa shape index (κ2) is 7.33. The first-order chi connectivity index (χ1) is 12.1. The summed E-state index contributed by atoms with van der Waals surface area (Å²) in [4.78, 5) is 40.3. The Hall–Kier alpha value is -2.90. The summed E-state index contributed by atoms with van der Waals surface area (Å²) in [6, 6.07) is 4.46. The Morgan fingerprint density at radius 3 is 2.96 bits per heavy atom. The molecule has 1 aromatic heterocycles. The molecule has 0 atom stereocenters. The van der Waals surface area contributed by atoms with Crippen LogP contribution >= 0.6 is 0 Å². The molecule has 0 radical (unpaired) electrons. The quantitative estimate of drug-likeness (QED) is 0.817. The second-order valence-corrected chi connectivity index (χ2v) is 5.79. The van der Waals surface area contributed by atoms with E-state index in [1.807, 2.05) is 0 Å². The number of aromatic nitrogens is 2. The van der Waals surface area contributed by atoms with Gasteiger partial charge < -0.3 is 15.4 Å². The third-order valence-corrected chi connectivity index (χ3v) is 4.02. The van der Waals surface area contributed by atoms with Crippen LogP contribution in [0.15, 0.2) is 23.0 Å². The van der Waals surface area contributed by atoms with Crippen molar-refractivity contribution in [1.82, 2.24) is 14.9 Å².